The highest BCUT2D eigenvalue weighted by atomic mass is 35.5. The highest BCUT2D eigenvalue weighted by Gasteiger charge is 2.11. The van der Waals surface area contributed by atoms with Crippen molar-refractivity contribution < 1.29 is 4.39 Å². The molecule has 1 aromatic carbocycles. The zero-order valence-electron chi connectivity index (χ0n) is 9.85. The number of hydrogen-bond acceptors (Lipinski definition) is 2. The van der Waals surface area contributed by atoms with Gasteiger partial charge in [0.05, 0.1) is 5.02 Å². The summed E-state index contributed by atoms with van der Waals surface area (Å²) in [5.74, 6) is -0.446. The first-order chi connectivity index (χ1) is 8.17. The molecule has 0 radical (unpaired) electrons. The second-order valence-electron chi connectivity index (χ2n) is 3.92. The van der Waals surface area contributed by atoms with E-state index >= 15 is 0 Å². The molecule has 0 fully saturated rings. The van der Waals surface area contributed by atoms with Crippen LogP contribution in [0.25, 0.3) is 10.9 Å². The molecule has 0 saturated carbocycles. The van der Waals surface area contributed by atoms with Gasteiger partial charge < -0.3 is 5.32 Å². The van der Waals surface area contributed by atoms with E-state index in [1.54, 1.807) is 12.1 Å². The number of rotatable bonds is 3. The predicted octanol–water partition coefficient (Wildman–Crippen LogP) is 4.02. The lowest BCUT2D eigenvalue weighted by Crippen LogP contribution is -1.98. The van der Waals surface area contributed by atoms with Crippen molar-refractivity contribution in [3.05, 3.63) is 34.7 Å². The minimum absolute atomic E-state index is 0.112. The van der Waals surface area contributed by atoms with Crippen molar-refractivity contribution in [3.63, 3.8) is 0 Å². The van der Waals surface area contributed by atoms with E-state index in [2.05, 4.69) is 17.2 Å². The van der Waals surface area contributed by atoms with Crippen LogP contribution >= 0.6 is 11.6 Å². The normalized spacial score (nSPS) is 10.8. The Bertz CT molecular complexity index is 555. The van der Waals surface area contributed by atoms with Gasteiger partial charge in [-0.2, -0.15) is 0 Å². The van der Waals surface area contributed by atoms with Crippen LogP contribution in [0.3, 0.4) is 0 Å². The zero-order valence-corrected chi connectivity index (χ0v) is 10.6. The standard InChI is InChI=1S/C13H14ClFN2/c1-3-4-8-7-11(16-2)9-5-6-10(14)12(15)13(9)17-8/h5-7H,3-4H2,1-2H3,(H,16,17). The van der Waals surface area contributed by atoms with Crippen LogP contribution in [-0.2, 0) is 6.42 Å². The minimum atomic E-state index is -0.446. The number of fused-ring (bicyclic) bond motifs is 1. The molecular formula is C13H14ClFN2. The Labute approximate surface area is 105 Å². The molecule has 0 amide bonds. The van der Waals surface area contributed by atoms with Crippen LogP contribution in [0.4, 0.5) is 10.1 Å². The fraction of sp³-hybridized carbons (Fsp3) is 0.308. The highest BCUT2D eigenvalue weighted by molar-refractivity contribution is 6.31. The molecule has 0 aliphatic rings. The summed E-state index contributed by atoms with van der Waals surface area (Å²) in [5.41, 5.74) is 2.10. The summed E-state index contributed by atoms with van der Waals surface area (Å²) >= 11 is 5.78. The van der Waals surface area contributed by atoms with Crippen molar-refractivity contribution in [3.8, 4) is 0 Å². The third-order valence-electron chi connectivity index (χ3n) is 2.70. The van der Waals surface area contributed by atoms with Gasteiger partial charge >= 0.3 is 0 Å². The van der Waals surface area contributed by atoms with E-state index in [-0.39, 0.29) is 5.02 Å². The Morgan fingerprint density at radius 2 is 2.18 bits per heavy atom. The summed E-state index contributed by atoms with van der Waals surface area (Å²) in [5, 5.41) is 3.94. The van der Waals surface area contributed by atoms with Crippen LogP contribution in [0.1, 0.15) is 19.0 Å². The first-order valence-electron chi connectivity index (χ1n) is 5.62. The number of halogens is 2. The molecule has 0 unspecified atom stereocenters. The Morgan fingerprint density at radius 3 is 2.82 bits per heavy atom. The maximum Gasteiger partial charge on any atom is 0.168 e. The molecule has 90 valence electrons. The van der Waals surface area contributed by atoms with E-state index in [9.17, 15) is 4.39 Å². The maximum atomic E-state index is 13.9. The minimum Gasteiger partial charge on any atom is -0.388 e. The predicted molar refractivity (Wildman–Crippen MR) is 70.3 cm³/mol. The third kappa shape index (κ3) is 2.20. The average Bonchev–Trinajstić information content (AvgIpc) is 2.34. The molecule has 0 atom stereocenters. The molecule has 0 spiro atoms. The zero-order chi connectivity index (χ0) is 12.4. The van der Waals surface area contributed by atoms with Crippen molar-refractivity contribution in [1.82, 2.24) is 4.98 Å². The SMILES string of the molecule is CCCc1cc(NC)c2ccc(Cl)c(F)c2n1. The van der Waals surface area contributed by atoms with E-state index in [1.165, 1.54) is 0 Å². The van der Waals surface area contributed by atoms with Crippen LogP contribution < -0.4 is 5.32 Å². The van der Waals surface area contributed by atoms with Crippen LogP contribution in [-0.4, -0.2) is 12.0 Å². The molecular weight excluding hydrogens is 239 g/mol. The van der Waals surface area contributed by atoms with Crippen LogP contribution in [0.15, 0.2) is 18.2 Å². The van der Waals surface area contributed by atoms with Gasteiger partial charge in [-0.1, -0.05) is 24.9 Å². The van der Waals surface area contributed by atoms with Crippen LogP contribution in [0, 0.1) is 5.82 Å². The van der Waals surface area contributed by atoms with Crippen molar-refractivity contribution in [2.24, 2.45) is 0 Å². The number of pyridine rings is 1. The van der Waals surface area contributed by atoms with Crippen LogP contribution in [0.2, 0.25) is 5.02 Å². The van der Waals surface area contributed by atoms with E-state index in [0.29, 0.717) is 5.52 Å². The molecule has 0 saturated heterocycles. The Balaban J connectivity index is 2.73. The fourth-order valence-electron chi connectivity index (χ4n) is 1.88. The first kappa shape index (κ1) is 12.1. The van der Waals surface area contributed by atoms with Crippen molar-refractivity contribution >= 4 is 28.2 Å². The molecule has 4 heteroatoms. The van der Waals surface area contributed by atoms with E-state index < -0.39 is 5.82 Å². The number of nitrogens with one attached hydrogen (secondary N) is 1. The van der Waals surface area contributed by atoms with Gasteiger partial charge in [-0.25, -0.2) is 9.37 Å². The molecule has 2 nitrogen and oxygen atoms in total. The van der Waals surface area contributed by atoms with Gasteiger partial charge in [0.15, 0.2) is 5.82 Å². The van der Waals surface area contributed by atoms with Gasteiger partial charge in [-0.3, -0.25) is 0 Å². The second kappa shape index (κ2) is 4.88. The molecule has 1 N–H and O–H groups in total. The van der Waals surface area contributed by atoms with Gasteiger partial charge in [0.25, 0.3) is 0 Å². The molecule has 0 aliphatic carbocycles. The largest absolute Gasteiger partial charge is 0.388 e. The number of hydrogen-bond donors (Lipinski definition) is 1. The average molecular weight is 253 g/mol. The molecule has 2 rings (SSSR count). The number of benzene rings is 1. The Morgan fingerprint density at radius 1 is 1.41 bits per heavy atom. The second-order valence-corrected chi connectivity index (χ2v) is 4.33. The number of aromatic nitrogens is 1. The van der Waals surface area contributed by atoms with E-state index in [4.69, 9.17) is 11.6 Å². The molecule has 1 heterocycles. The van der Waals surface area contributed by atoms with Gasteiger partial charge in [0.2, 0.25) is 0 Å². The lowest BCUT2D eigenvalue weighted by molar-refractivity contribution is 0.636. The van der Waals surface area contributed by atoms with Crippen molar-refractivity contribution in [2.75, 3.05) is 12.4 Å². The molecule has 0 bridgehead atoms. The first-order valence-corrected chi connectivity index (χ1v) is 6.00. The quantitative estimate of drug-likeness (QED) is 0.892. The summed E-state index contributed by atoms with van der Waals surface area (Å²) in [6.45, 7) is 2.07. The lowest BCUT2D eigenvalue weighted by Gasteiger charge is -2.09. The van der Waals surface area contributed by atoms with Crippen LogP contribution in [0.5, 0.6) is 0 Å². The summed E-state index contributed by atoms with van der Waals surface area (Å²) in [4.78, 5) is 4.33. The smallest absolute Gasteiger partial charge is 0.168 e. The Hall–Kier alpha value is -1.35. The molecule has 1 aromatic heterocycles. The number of aryl methyl sites for hydroxylation is 1. The lowest BCUT2D eigenvalue weighted by atomic mass is 10.1. The van der Waals surface area contributed by atoms with Gasteiger partial charge in [0.1, 0.15) is 5.52 Å². The molecule has 17 heavy (non-hydrogen) atoms. The monoisotopic (exact) mass is 252 g/mol. The van der Waals surface area contributed by atoms with Gasteiger partial charge in [0, 0.05) is 23.8 Å². The van der Waals surface area contributed by atoms with Gasteiger partial charge in [-0.15, -0.1) is 0 Å². The maximum absolute atomic E-state index is 13.9. The van der Waals surface area contributed by atoms with Crippen molar-refractivity contribution in [1.29, 1.82) is 0 Å². The van der Waals surface area contributed by atoms with Crippen molar-refractivity contribution in [2.45, 2.75) is 19.8 Å². The molecule has 2 aromatic rings. The number of anilines is 1. The fourth-order valence-corrected chi connectivity index (χ4v) is 2.03. The third-order valence-corrected chi connectivity index (χ3v) is 2.99. The summed E-state index contributed by atoms with van der Waals surface area (Å²) in [6, 6.07) is 5.30. The summed E-state index contributed by atoms with van der Waals surface area (Å²) in [7, 11) is 1.82. The highest BCUT2D eigenvalue weighted by Crippen LogP contribution is 2.29. The summed E-state index contributed by atoms with van der Waals surface area (Å²) in [6.07, 6.45) is 1.81. The topological polar surface area (TPSA) is 24.9 Å². The summed E-state index contributed by atoms with van der Waals surface area (Å²) < 4.78 is 13.9. The Kier molecular flexibility index (Phi) is 3.48. The van der Waals surface area contributed by atoms with E-state index in [0.717, 1.165) is 29.6 Å². The number of nitrogens with zero attached hydrogens (tertiary/aromatic N) is 1. The van der Waals surface area contributed by atoms with Gasteiger partial charge in [-0.05, 0) is 24.6 Å². The van der Waals surface area contributed by atoms with E-state index in [1.807, 2.05) is 13.1 Å². The molecule has 0 aliphatic heterocycles.